The molecule has 3 aromatic carbocycles. The molecule has 0 saturated heterocycles. The minimum Gasteiger partial charge on any atom is -0.0622 e. The second kappa shape index (κ2) is 6.90. The van der Waals surface area contributed by atoms with Crippen molar-refractivity contribution >= 4 is 0 Å². The van der Waals surface area contributed by atoms with Crippen LogP contribution in [0.15, 0.2) is 90.9 Å². The lowest BCUT2D eigenvalue weighted by Crippen LogP contribution is -2.06. The molecule has 0 aromatic heterocycles. The Morgan fingerprint density at radius 3 is 2.05 bits per heavy atom. The van der Waals surface area contributed by atoms with E-state index in [0.29, 0.717) is 12.0 Å². The quantitative estimate of drug-likeness (QED) is 0.598. The number of rotatable bonds is 5. The van der Waals surface area contributed by atoms with E-state index in [-0.39, 0.29) is 5.56 Å². The van der Waals surface area contributed by atoms with E-state index in [1.807, 2.05) is 48.5 Å². The molecule has 0 heterocycles. The van der Waals surface area contributed by atoms with Gasteiger partial charge in [0.2, 0.25) is 0 Å². The highest BCUT2D eigenvalue weighted by Crippen LogP contribution is 2.25. The molecule has 0 aliphatic heterocycles. The second-order valence-electron chi connectivity index (χ2n) is 4.80. The van der Waals surface area contributed by atoms with Crippen LogP contribution < -0.4 is 0 Å². The molecule has 1 unspecified atom stereocenters. The second-order valence-corrected chi connectivity index (χ2v) is 4.80. The molecule has 0 aliphatic rings. The van der Waals surface area contributed by atoms with Crippen LogP contribution in [0.5, 0.6) is 0 Å². The summed E-state index contributed by atoms with van der Waals surface area (Å²) < 4.78 is 57.7. The maximum absolute atomic E-state index is 8.86. The Balaban J connectivity index is 2.19. The van der Waals surface area contributed by atoms with Gasteiger partial charge >= 0.3 is 0 Å². The summed E-state index contributed by atoms with van der Waals surface area (Å²) >= 11 is 0. The zero-order chi connectivity index (χ0) is 20.5. The number of benzene rings is 3. The summed E-state index contributed by atoms with van der Waals surface area (Å²) in [5, 5.41) is 0. The van der Waals surface area contributed by atoms with Crippen molar-refractivity contribution < 1.29 is 9.60 Å². The molecule has 0 fully saturated rings. The third-order valence-corrected chi connectivity index (χ3v) is 3.30. The molecule has 0 amide bonds. The van der Waals surface area contributed by atoms with Crippen molar-refractivity contribution in [1.82, 2.24) is 0 Å². The molecule has 0 saturated carbocycles. The van der Waals surface area contributed by atoms with Gasteiger partial charge in [0.15, 0.2) is 0 Å². The maximum Gasteiger partial charge on any atom is 0.0626 e. The molecular weight excluding hydrogens is 252 g/mol. The predicted molar refractivity (Wildman–Crippen MR) is 89.5 cm³/mol. The van der Waals surface area contributed by atoms with Crippen molar-refractivity contribution in [2.24, 2.45) is 0 Å². The smallest absolute Gasteiger partial charge is 0.0622 e. The van der Waals surface area contributed by atoms with Gasteiger partial charge < -0.3 is 0 Å². The third-order valence-electron chi connectivity index (χ3n) is 3.30. The fraction of sp³-hybridized carbons (Fsp3) is 0.143. The van der Waals surface area contributed by atoms with Gasteiger partial charge in [-0.2, -0.15) is 0 Å². The Hall–Kier alpha value is -2.34. The monoisotopic (exact) mass is 279 g/mol. The Bertz CT molecular complexity index is 940. The van der Waals surface area contributed by atoms with Crippen LogP contribution in [0.4, 0.5) is 0 Å². The van der Waals surface area contributed by atoms with E-state index >= 15 is 0 Å². The lowest BCUT2D eigenvalue weighted by atomic mass is 9.87. The number of hydrogen-bond acceptors (Lipinski definition) is 0. The SMILES string of the molecule is [2H]c1c([2H])c([2H])c(C([2H])([2H])C(Cc2ccccc2)c2ccccc2)c([2H])c1[2H]. The van der Waals surface area contributed by atoms with Crippen LogP contribution in [0.1, 0.15) is 32.2 Å². The minimum absolute atomic E-state index is 0.303. The highest BCUT2D eigenvalue weighted by Gasteiger charge is 2.13. The summed E-state index contributed by atoms with van der Waals surface area (Å²) in [4.78, 5) is 0. The van der Waals surface area contributed by atoms with Crippen molar-refractivity contribution in [2.75, 3.05) is 0 Å². The van der Waals surface area contributed by atoms with E-state index in [9.17, 15) is 0 Å². The summed E-state index contributed by atoms with van der Waals surface area (Å²) in [5.41, 5.74) is 1.32. The van der Waals surface area contributed by atoms with Crippen LogP contribution in [0, 0.1) is 0 Å². The van der Waals surface area contributed by atoms with Crippen LogP contribution in [0.2, 0.25) is 0 Å². The largest absolute Gasteiger partial charge is 0.0626 e. The van der Waals surface area contributed by atoms with E-state index in [0.717, 1.165) is 5.56 Å². The van der Waals surface area contributed by atoms with Crippen molar-refractivity contribution in [1.29, 1.82) is 0 Å². The maximum atomic E-state index is 8.86. The van der Waals surface area contributed by atoms with Crippen molar-refractivity contribution in [3.05, 3.63) is 108 Å². The van der Waals surface area contributed by atoms with Gasteiger partial charge in [-0.25, -0.2) is 0 Å². The van der Waals surface area contributed by atoms with Crippen molar-refractivity contribution in [2.45, 2.75) is 18.7 Å². The Labute approximate surface area is 136 Å². The molecule has 0 nitrogen and oxygen atoms in total. The molecule has 0 N–H and O–H groups in total. The van der Waals surface area contributed by atoms with Crippen LogP contribution >= 0.6 is 0 Å². The average molecular weight is 279 g/mol. The fourth-order valence-corrected chi connectivity index (χ4v) is 2.28. The number of hydrogen-bond donors (Lipinski definition) is 0. The van der Waals surface area contributed by atoms with E-state index in [2.05, 4.69) is 0 Å². The van der Waals surface area contributed by atoms with Gasteiger partial charge in [0.1, 0.15) is 0 Å². The molecule has 3 rings (SSSR count). The van der Waals surface area contributed by atoms with E-state index in [4.69, 9.17) is 9.60 Å². The molecule has 104 valence electrons. The van der Waals surface area contributed by atoms with Gasteiger partial charge in [-0.05, 0) is 35.4 Å². The Morgan fingerprint density at radius 2 is 1.38 bits per heavy atom. The molecule has 3 aromatic rings. The molecular formula is C21H20. The van der Waals surface area contributed by atoms with Gasteiger partial charge in [-0.3, -0.25) is 0 Å². The summed E-state index contributed by atoms with van der Waals surface area (Å²) in [6.07, 6.45) is -1.84. The van der Waals surface area contributed by atoms with Gasteiger partial charge in [-0.1, -0.05) is 90.9 Å². The zero-order valence-corrected chi connectivity index (χ0v) is 11.6. The molecule has 1 atom stereocenters. The molecule has 0 bridgehead atoms. The molecule has 0 aliphatic carbocycles. The van der Waals surface area contributed by atoms with Gasteiger partial charge in [0, 0.05) is 2.74 Å². The molecule has 0 spiro atoms. The van der Waals surface area contributed by atoms with E-state index in [1.54, 1.807) is 12.1 Å². The Kier molecular flexibility index (Phi) is 2.50. The first kappa shape index (κ1) is 7.61. The first-order valence-corrected chi connectivity index (χ1v) is 6.91. The first-order valence-electron chi connectivity index (χ1n) is 10.4. The topological polar surface area (TPSA) is 0 Å². The van der Waals surface area contributed by atoms with Crippen LogP contribution in [-0.2, 0) is 12.8 Å². The third kappa shape index (κ3) is 3.82. The first-order chi connectivity index (χ1) is 13.2. The highest BCUT2D eigenvalue weighted by molar-refractivity contribution is 5.27. The van der Waals surface area contributed by atoms with Crippen LogP contribution in [0.25, 0.3) is 0 Å². The predicted octanol–water partition coefficient (Wildman–Crippen LogP) is 5.26. The summed E-state index contributed by atoms with van der Waals surface area (Å²) in [7, 11) is 0. The van der Waals surface area contributed by atoms with Crippen LogP contribution in [-0.4, -0.2) is 0 Å². The molecule has 21 heavy (non-hydrogen) atoms. The fourth-order valence-electron chi connectivity index (χ4n) is 2.28. The van der Waals surface area contributed by atoms with Crippen LogP contribution in [0.3, 0.4) is 0 Å². The lowest BCUT2D eigenvalue weighted by Gasteiger charge is -2.18. The average Bonchev–Trinajstić information content (AvgIpc) is 2.70. The lowest BCUT2D eigenvalue weighted by molar-refractivity contribution is 0.680. The van der Waals surface area contributed by atoms with Gasteiger partial charge in [0.05, 0.1) is 6.85 Å². The summed E-state index contributed by atoms with van der Waals surface area (Å²) in [5.74, 6) is -0.723. The molecule has 0 heteroatoms. The van der Waals surface area contributed by atoms with Gasteiger partial charge in [-0.15, -0.1) is 0 Å². The minimum atomic E-state index is -2.18. The Morgan fingerprint density at radius 1 is 0.762 bits per heavy atom. The standard InChI is InChI=1S/C21H20/c1-4-10-18(11-5-1)16-21(20-14-8-3-9-15-20)17-19-12-6-2-7-13-19/h1-15,21H,16-17H2/i1D,4D,5D,10D,11D,16D2. The highest BCUT2D eigenvalue weighted by atomic mass is 14.2. The van der Waals surface area contributed by atoms with E-state index in [1.165, 1.54) is 0 Å². The summed E-state index contributed by atoms with van der Waals surface area (Å²) in [6.45, 7) is 0. The normalized spacial score (nSPS) is 17.4. The summed E-state index contributed by atoms with van der Waals surface area (Å²) in [6, 6.07) is 15.9. The van der Waals surface area contributed by atoms with Gasteiger partial charge in [0.25, 0.3) is 0 Å². The van der Waals surface area contributed by atoms with Crippen molar-refractivity contribution in [3.63, 3.8) is 0 Å². The van der Waals surface area contributed by atoms with E-state index < -0.39 is 42.5 Å². The zero-order valence-electron chi connectivity index (χ0n) is 18.6. The van der Waals surface area contributed by atoms with Crippen molar-refractivity contribution in [3.8, 4) is 0 Å². The molecule has 0 radical (unpaired) electrons.